The fourth-order valence-electron chi connectivity index (χ4n) is 3.04. The van der Waals surface area contributed by atoms with Crippen LogP contribution in [0.1, 0.15) is 51.3 Å². The first-order chi connectivity index (χ1) is 13.6. The van der Waals surface area contributed by atoms with Crippen LogP contribution in [-0.4, -0.2) is 44.2 Å². The lowest BCUT2D eigenvalue weighted by Crippen LogP contribution is -2.31. The summed E-state index contributed by atoms with van der Waals surface area (Å²) >= 11 is 0. The molecule has 0 heterocycles. The van der Waals surface area contributed by atoms with Gasteiger partial charge in [0.15, 0.2) is 6.61 Å². The maximum Gasteiger partial charge on any atom is 0.338 e. The number of carbonyl (C=O) groups excluding carboxylic acids is 2. The summed E-state index contributed by atoms with van der Waals surface area (Å²) in [5.41, 5.74) is 2.89. The van der Waals surface area contributed by atoms with Crippen molar-refractivity contribution in [1.29, 1.82) is 0 Å². The lowest BCUT2D eigenvalue weighted by molar-refractivity contribution is 0.0474. The first kappa shape index (κ1) is 22.8. The normalized spacial score (nSPS) is 11.5. The molecule has 0 aliphatic heterocycles. The Hall–Kier alpha value is -2.51. The molecule has 2 aromatic rings. The highest BCUT2D eigenvalue weighted by Crippen LogP contribution is 2.22. The zero-order valence-electron chi connectivity index (χ0n) is 17.5. The molecule has 0 N–H and O–H groups in total. The number of nitrogens with zero attached hydrogens (tertiary/aromatic N) is 1. The van der Waals surface area contributed by atoms with E-state index in [2.05, 4.69) is 0 Å². The van der Waals surface area contributed by atoms with Crippen molar-refractivity contribution in [3.8, 4) is 0 Å². The number of ketones is 1. The van der Waals surface area contributed by atoms with E-state index in [1.54, 1.807) is 32.9 Å². The van der Waals surface area contributed by atoms with E-state index in [4.69, 9.17) is 4.74 Å². The van der Waals surface area contributed by atoms with Crippen LogP contribution < -0.4 is 0 Å². The number of aryl methyl sites for hydroxylation is 3. The van der Waals surface area contributed by atoms with E-state index in [1.165, 1.54) is 16.4 Å². The third kappa shape index (κ3) is 5.10. The standard InChI is InChI=1S/C22H27NO5S/c1-6-23(7-2)29(26,27)21-13-18(11-10-17(21)5)22(25)28-14-20(24)19-12-15(3)8-9-16(19)4/h8-13H,6-7,14H2,1-5H3. The van der Waals surface area contributed by atoms with E-state index < -0.39 is 22.6 Å². The molecule has 0 aliphatic rings. The minimum Gasteiger partial charge on any atom is -0.454 e. The van der Waals surface area contributed by atoms with Crippen molar-refractivity contribution in [3.63, 3.8) is 0 Å². The summed E-state index contributed by atoms with van der Waals surface area (Å²) in [5.74, 6) is -1.04. The molecular weight excluding hydrogens is 390 g/mol. The Morgan fingerprint density at radius 1 is 0.931 bits per heavy atom. The zero-order chi connectivity index (χ0) is 21.8. The van der Waals surface area contributed by atoms with Gasteiger partial charge in [-0.1, -0.05) is 37.6 Å². The van der Waals surface area contributed by atoms with Crippen LogP contribution in [0.25, 0.3) is 0 Å². The molecule has 0 radical (unpaired) electrons. The number of ether oxygens (including phenoxy) is 1. The molecule has 0 spiro atoms. The van der Waals surface area contributed by atoms with Gasteiger partial charge in [-0.2, -0.15) is 4.31 Å². The zero-order valence-corrected chi connectivity index (χ0v) is 18.3. The molecule has 0 fully saturated rings. The molecule has 0 aliphatic carbocycles. The lowest BCUT2D eigenvalue weighted by Gasteiger charge is -2.20. The molecule has 0 aromatic heterocycles. The lowest BCUT2D eigenvalue weighted by atomic mass is 10.0. The average Bonchev–Trinajstić information content (AvgIpc) is 2.68. The predicted molar refractivity (Wildman–Crippen MR) is 112 cm³/mol. The van der Waals surface area contributed by atoms with E-state index in [0.717, 1.165) is 11.1 Å². The van der Waals surface area contributed by atoms with Gasteiger partial charge >= 0.3 is 5.97 Å². The van der Waals surface area contributed by atoms with Gasteiger partial charge in [0, 0.05) is 18.7 Å². The summed E-state index contributed by atoms with van der Waals surface area (Å²) in [5, 5.41) is 0. The molecule has 0 atom stereocenters. The second-order valence-electron chi connectivity index (χ2n) is 6.89. The molecule has 2 aromatic carbocycles. The van der Waals surface area contributed by atoms with E-state index in [1.807, 2.05) is 26.0 Å². The van der Waals surface area contributed by atoms with E-state index in [0.29, 0.717) is 24.2 Å². The van der Waals surface area contributed by atoms with Crippen molar-refractivity contribution < 1.29 is 22.7 Å². The number of esters is 1. The number of carbonyl (C=O) groups is 2. The van der Waals surface area contributed by atoms with Crippen LogP contribution in [0.2, 0.25) is 0 Å². The average molecular weight is 418 g/mol. The summed E-state index contributed by atoms with van der Waals surface area (Å²) in [4.78, 5) is 24.9. The molecular formula is C22H27NO5S. The number of hydrogen-bond acceptors (Lipinski definition) is 5. The molecule has 0 amide bonds. The minimum absolute atomic E-state index is 0.0662. The van der Waals surface area contributed by atoms with Crippen LogP contribution >= 0.6 is 0 Å². The van der Waals surface area contributed by atoms with E-state index >= 15 is 0 Å². The molecule has 0 unspecified atom stereocenters. The Morgan fingerprint density at radius 3 is 2.17 bits per heavy atom. The Bertz CT molecular complexity index is 1020. The second-order valence-corrected chi connectivity index (χ2v) is 8.79. The van der Waals surface area contributed by atoms with E-state index in [9.17, 15) is 18.0 Å². The Morgan fingerprint density at radius 2 is 1.55 bits per heavy atom. The van der Waals surface area contributed by atoms with Gasteiger partial charge in [-0.15, -0.1) is 0 Å². The molecule has 7 heteroatoms. The summed E-state index contributed by atoms with van der Waals surface area (Å²) in [6, 6.07) is 9.89. The van der Waals surface area contributed by atoms with Gasteiger partial charge in [0.1, 0.15) is 0 Å². The highest BCUT2D eigenvalue weighted by Gasteiger charge is 2.25. The highest BCUT2D eigenvalue weighted by atomic mass is 32.2. The van der Waals surface area contributed by atoms with Crippen molar-refractivity contribution in [2.45, 2.75) is 39.5 Å². The van der Waals surface area contributed by atoms with Crippen LogP contribution in [0.4, 0.5) is 0 Å². The number of rotatable bonds is 8. The molecule has 0 bridgehead atoms. The van der Waals surface area contributed by atoms with Gasteiger partial charge in [-0.3, -0.25) is 4.79 Å². The maximum absolute atomic E-state index is 12.8. The quantitative estimate of drug-likeness (QED) is 0.483. The van der Waals surface area contributed by atoms with Crippen molar-refractivity contribution in [1.82, 2.24) is 4.31 Å². The van der Waals surface area contributed by atoms with E-state index in [-0.39, 0.29) is 16.2 Å². The molecule has 0 saturated carbocycles. The van der Waals surface area contributed by atoms with Gasteiger partial charge in [0.25, 0.3) is 0 Å². The SMILES string of the molecule is CCN(CC)S(=O)(=O)c1cc(C(=O)OCC(=O)c2cc(C)ccc2C)ccc1C. The van der Waals surface area contributed by atoms with Crippen LogP contribution in [0, 0.1) is 20.8 Å². The third-order valence-electron chi connectivity index (χ3n) is 4.77. The van der Waals surface area contributed by atoms with Crippen molar-refractivity contribution >= 4 is 21.8 Å². The fraction of sp³-hybridized carbons (Fsp3) is 0.364. The molecule has 6 nitrogen and oxygen atoms in total. The monoisotopic (exact) mass is 417 g/mol. The van der Waals surface area contributed by atoms with Gasteiger partial charge in [-0.25, -0.2) is 13.2 Å². The third-order valence-corrected chi connectivity index (χ3v) is 6.97. The summed E-state index contributed by atoms with van der Waals surface area (Å²) in [7, 11) is -3.71. The number of hydrogen-bond donors (Lipinski definition) is 0. The van der Waals surface area contributed by atoms with Gasteiger partial charge in [-0.05, 0) is 50.1 Å². The molecule has 29 heavy (non-hydrogen) atoms. The van der Waals surface area contributed by atoms with Crippen LogP contribution in [0.3, 0.4) is 0 Å². The van der Waals surface area contributed by atoms with Crippen molar-refractivity contribution in [2.24, 2.45) is 0 Å². The first-order valence-electron chi connectivity index (χ1n) is 9.50. The van der Waals surface area contributed by atoms with Crippen LogP contribution in [0.5, 0.6) is 0 Å². The maximum atomic E-state index is 12.8. The summed E-state index contributed by atoms with van der Waals surface area (Å²) < 4.78 is 32.2. The molecule has 0 saturated heterocycles. The summed E-state index contributed by atoms with van der Waals surface area (Å²) in [6.45, 7) is 9.14. The summed E-state index contributed by atoms with van der Waals surface area (Å²) in [6.07, 6.45) is 0. The Kier molecular flexibility index (Phi) is 7.32. The topological polar surface area (TPSA) is 80.8 Å². The van der Waals surface area contributed by atoms with Gasteiger partial charge in [0.05, 0.1) is 10.5 Å². The van der Waals surface area contributed by atoms with Crippen LogP contribution in [-0.2, 0) is 14.8 Å². The Labute approximate surface area is 172 Å². The number of benzene rings is 2. The second kappa shape index (κ2) is 9.33. The smallest absolute Gasteiger partial charge is 0.338 e. The predicted octanol–water partition coefficient (Wildman–Crippen LogP) is 3.68. The number of sulfonamides is 1. The van der Waals surface area contributed by atoms with Crippen molar-refractivity contribution in [3.05, 3.63) is 64.2 Å². The highest BCUT2D eigenvalue weighted by molar-refractivity contribution is 7.89. The number of Topliss-reactive ketones (excluding diaryl/α,β-unsaturated/α-hetero) is 1. The van der Waals surface area contributed by atoms with Crippen molar-refractivity contribution in [2.75, 3.05) is 19.7 Å². The fourth-order valence-corrected chi connectivity index (χ4v) is 4.74. The first-order valence-corrected chi connectivity index (χ1v) is 10.9. The Balaban J connectivity index is 2.22. The molecule has 2 rings (SSSR count). The van der Waals surface area contributed by atoms with Gasteiger partial charge < -0.3 is 4.74 Å². The van der Waals surface area contributed by atoms with Gasteiger partial charge in [0.2, 0.25) is 15.8 Å². The molecule has 156 valence electrons. The largest absolute Gasteiger partial charge is 0.454 e. The van der Waals surface area contributed by atoms with Crippen LogP contribution in [0.15, 0.2) is 41.3 Å². The minimum atomic E-state index is -3.71.